The minimum atomic E-state index is 0.409. The SMILES string of the molecule is CC(C)N(Cc1ccc(N)cc1)c1snc2ccccc12. The molecule has 0 saturated carbocycles. The number of fused-ring (bicyclic) bond motifs is 1. The number of benzene rings is 2. The summed E-state index contributed by atoms with van der Waals surface area (Å²) in [6.07, 6.45) is 0. The van der Waals surface area contributed by atoms with E-state index in [9.17, 15) is 0 Å². The van der Waals surface area contributed by atoms with Gasteiger partial charge in [0.15, 0.2) is 0 Å². The van der Waals surface area contributed by atoms with Crippen molar-refractivity contribution >= 4 is 33.1 Å². The molecule has 0 aliphatic heterocycles. The van der Waals surface area contributed by atoms with Crippen LogP contribution in [0, 0.1) is 0 Å². The fourth-order valence-corrected chi connectivity index (χ4v) is 3.39. The topological polar surface area (TPSA) is 42.1 Å². The standard InChI is InChI=1S/C17H19N3S/c1-12(2)20(11-13-7-9-14(18)10-8-13)17-15-5-3-4-6-16(15)19-21-17/h3-10,12H,11,18H2,1-2H3. The van der Waals surface area contributed by atoms with Gasteiger partial charge < -0.3 is 10.6 Å². The highest BCUT2D eigenvalue weighted by atomic mass is 32.1. The van der Waals surface area contributed by atoms with Crippen LogP contribution in [0.2, 0.25) is 0 Å². The lowest BCUT2D eigenvalue weighted by Gasteiger charge is -2.27. The molecule has 0 spiro atoms. The van der Waals surface area contributed by atoms with Crippen molar-refractivity contribution in [1.29, 1.82) is 0 Å². The van der Waals surface area contributed by atoms with Crippen molar-refractivity contribution in [3.05, 3.63) is 54.1 Å². The van der Waals surface area contributed by atoms with Crippen LogP contribution in [0.5, 0.6) is 0 Å². The third-order valence-corrected chi connectivity index (χ3v) is 4.50. The lowest BCUT2D eigenvalue weighted by molar-refractivity contribution is 0.690. The predicted molar refractivity (Wildman–Crippen MR) is 91.8 cm³/mol. The van der Waals surface area contributed by atoms with Gasteiger partial charge in [-0.2, -0.15) is 4.37 Å². The Kier molecular flexibility index (Phi) is 3.80. The molecule has 0 amide bonds. The third kappa shape index (κ3) is 2.85. The zero-order valence-electron chi connectivity index (χ0n) is 12.3. The van der Waals surface area contributed by atoms with Crippen LogP contribution in [0.15, 0.2) is 48.5 Å². The monoisotopic (exact) mass is 297 g/mol. The van der Waals surface area contributed by atoms with Crippen molar-refractivity contribution in [2.45, 2.75) is 26.4 Å². The van der Waals surface area contributed by atoms with E-state index in [-0.39, 0.29) is 0 Å². The second kappa shape index (κ2) is 5.74. The Hall–Kier alpha value is -2.07. The van der Waals surface area contributed by atoms with E-state index in [1.165, 1.54) is 16.0 Å². The molecular weight excluding hydrogens is 278 g/mol. The second-order valence-corrected chi connectivity index (χ2v) is 6.22. The molecule has 0 aliphatic carbocycles. The van der Waals surface area contributed by atoms with Crippen LogP contribution in [-0.2, 0) is 6.54 Å². The maximum atomic E-state index is 5.76. The summed E-state index contributed by atoms with van der Waals surface area (Å²) in [6, 6.07) is 16.8. The van der Waals surface area contributed by atoms with Gasteiger partial charge in [0.1, 0.15) is 5.00 Å². The van der Waals surface area contributed by atoms with E-state index >= 15 is 0 Å². The molecular formula is C17H19N3S. The van der Waals surface area contributed by atoms with E-state index in [1.54, 1.807) is 11.5 Å². The zero-order valence-corrected chi connectivity index (χ0v) is 13.1. The molecule has 0 saturated heterocycles. The third-order valence-electron chi connectivity index (χ3n) is 3.58. The van der Waals surface area contributed by atoms with E-state index < -0.39 is 0 Å². The average molecular weight is 297 g/mol. The molecule has 1 aromatic heterocycles. The van der Waals surface area contributed by atoms with Gasteiger partial charge in [-0.15, -0.1) is 0 Å². The second-order valence-electron chi connectivity index (χ2n) is 5.47. The van der Waals surface area contributed by atoms with Gasteiger partial charge in [-0.25, -0.2) is 0 Å². The van der Waals surface area contributed by atoms with Crippen LogP contribution in [0.4, 0.5) is 10.7 Å². The molecule has 3 aromatic rings. The Morgan fingerprint density at radius 3 is 2.52 bits per heavy atom. The van der Waals surface area contributed by atoms with E-state index in [1.807, 2.05) is 18.2 Å². The number of rotatable bonds is 4. The number of nitrogens with two attached hydrogens (primary N) is 1. The van der Waals surface area contributed by atoms with Crippen molar-refractivity contribution in [2.24, 2.45) is 0 Å². The normalized spacial score (nSPS) is 11.2. The van der Waals surface area contributed by atoms with Gasteiger partial charge in [0, 0.05) is 23.7 Å². The lowest BCUT2D eigenvalue weighted by atomic mass is 10.1. The minimum absolute atomic E-state index is 0.409. The van der Waals surface area contributed by atoms with Gasteiger partial charge in [-0.05, 0) is 55.2 Å². The Morgan fingerprint density at radius 2 is 1.81 bits per heavy atom. The van der Waals surface area contributed by atoms with Crippen LogP contribution in [0.1, 0.15) is 19.4 Å². The molecule has 108 valence electrons. The van der Waals surface area contributed by atoms with Gasteiger partial charge in [0.05, 0.1) is 5.52 Å². The lowest BCUT2D eigenvalue weighted by Crippen LogP contribution is -2.29. The Bertz CT molecular complexity index is 731. The number of hydrogen-bond acceptors (Lipinski definition) is 4. The van der Waals surface area contributed by atoms with Crippen molar-refractivity contribution in [2.75, 3.05) is 10.6 Å². The molecule has 0 radical (unpaired) electrons. The largest absolute Gasteiger partial charge is 0.399 e. The highest BCUT2D eigenvalue weighted by molar-refractivity contribution is 7.11. The van der Waals surface area contributed by atoms with Crippen molar-refractivity contribution in [3.63, 3.8) is 0 Å². The molecule has 1 heterocycles. The summed E-state index contributed by atoms with van der Waals surface area (Å²) in [5.41, 5.74) is 8.90. The van der Waals surface area contributed by atoms with Crippen LogP contribution < -0.4 is 10.6 Å². The van der Waals surface area contributed by atoms with E-state index in [0.717, 1.165) is 17.7 Å². The van der Waals surface area contributed by atoms with Crippen molar-refractivity contribution < 1.29 is 0 Å². The summed E-state index contributed by atoms with van der Waals surface area (Å²) in [6.45, 7) is 5.29. The molecule has 0 bridgehead atoms. The van der Waals surface area contributed by atoms with Gasteiger partial charge in [0.25, 0.3) is 0 Å². The molecule has 0 unspecified atom stereocenters. The molecule has 0 aliphatic rings. The van der Waals surface area contributed by atoms with E-state index in [4.69, 9.17) is 5.73 Å². The molecule has 0 fully saturated rings. The highest BCUT2D eigenvalue weighted by Crippen LogP contribution is 2.33. The van der Waals surface area contributed by atoms with Gasteiger partial charge in [-0.1, -0.05) is 24.3 Å². The molecule has 4 heteroatoms. The molecule has 21 heavy (non-hydrogen) atoms. The average Bonchev–Trinajstić information content (AvgIpc) is 2.90. The van der Waals surface area contributed by atoms with E-state index in [0.29, 0.717) is 6.04 Å². The first-order valence-electron chi connectivity index (χ1n) is 7.10. The molecule has 3 nitrogen and oxygen atoms in total. The summed E-state index contributed by atoms with van der Waals surface area (Å²) in [7, 11) is 0. The fraction of sp³-hybridized carbons (Fsp3) is 0.235. The Balaban J connectivity index is 1.96. The number of hydrogen-bond donors (Lipinski definition) is 1. The van der Waals surface area contributed by atoms with Gasteiger partial charge in [-0.3, -0.25) is 0 Å². The quantitative estimate of drug-likeness (QED) is 0.730. The first-order valence-corrected chi connectivity index (χ1v) is 7.88. The van der Waals surface area contributed by atoms with E-state index in [2.05, 4.69) is 53.5 Å². The summed E-state index contributed by atoms with van der Waals surface area (Å²) >= 11 is 1.57. The Labute approximate surface area is 129 Å². The minimum Gasteiger partial charge on any atom is -0.399 e. The number of anilines is 2. The number of nitrogen functional groups attached to an aromatic ring is 1. The predicted octanol–water partition coefficient (Wildman–Crippen LogP) is 4.29. The van der Waals surface area contributed by atoms with Crippen LogP contribution in [-0.4, -0.2) is 10.4 Å². The smallest absolute Gasteiger partial charge is 0.120 e. The van der Waals surface area contributed by atoms with Gasteiger partial charge in [0.2, 0.25) is 0 Å². The fourth-order valence-electron chi connectivity index (χ4n) is 2.39. The molecule has 3 rings (SSSR count). The molecule has 2 aromatic carbocycles. The van der Waals surface area contributed by atoms with Crippen LogP contribution >= 0.6 is 11.5 Å². The number of nitrogens with zero attached hydrogens (tertiary/aromatic N) is 2. The molecule has 2 N–H and O–H groups in total. The maximum absolute atomic E-state index is 5.76. The van der Waals surface area contributed by atoms with Crippen molar-refractivity contribution in [1.82, 2.24) is 4.37 Å². The summed E-state index contributed by atoms with van der Waals surface area (Å²) in [4.78, 5) is 2.39. The first kappa shape index (κ1) is 13.9. The van der Waals surface area contributed by atoms with Crippen molar-refractivity contribution in [3.8, 4) is 0 Å². The van der Waals surface area contributed by atoms with Crippen LogP contribution in [0.25, 0.3) is 10.9 Å². The summed E-state index contributed by atoms with van der Waals surface area (Å²) < 4.78 is 4.56. The van der Waals surface area contributed by atoms with Gasteiger partial charge >= 0.3 is 0 Å². The maximum Gasteiger partial charge on any atom is 0.120 e. The van der Waals surface area contributed by atoms with Crippen LogP contribution in [0.3, 0.4) is 0 Å². The number of aromatic nitrogens is 1. The molecule has 0 atom stereocenters. The highest BCUT2D eigenvalue weighted by Gasteiger charge is 2.16. The first-order chi connectivity index (χ1) is 10.1. The Morgan fingerprint density at radius 1 is 1.10 bits per heavy atom. The summed E-state index contributed by atoms with van der Waals surface area (Å²) in [5.74, 6) is 0. The zero-order chi connectivity index (χ0) is 14.8. The summed E-state index contributed by atoms with van der Waals surface area (Å²) in [5, 5.41) is 2.46.